The van der Waals surface area contributed by atoms with Crippen LogP contribution < -0.4 is 15.0 Å². The van der Waals surface area contributed by atoms with Crippen LogP contribution in [0.1, 0.15) is 21.5 Å². The highest BCUT2D eigenvalue weighted by molar-refractivity contribution is 6.39. The zero-order chi connectivity index (χ0) is 25.1. The average Bonchev–Trinajstić information content (AvgIpc) is 2.82. The minimum absolute atomic E-state index is 0.0444. The van der Waals surface area contributed by atoms with Gasteiger partial charge in [0.1, 0.15) is 11.3 Å². The van der Waals surface area contributed by atoms with E-state index >= 15 is 0 Å². The van der Waals surface area contributed by atoms with E-state index in [4.69, 9.17) is 4.74 Å². The molecule has 0 aliphatic carbocycles. The van der Waals surface area contributed by atoms with Gasteiger partial charge in [-0.05, 0) is 48.9 Å². The highest BCUT2D eigenvalue weighted by atomic mass is 16.6. The van der Waals surface area contributed by atoms with Crippen LogP contribution in [0, 0.1) is 17.0 Å². The van der Waals surface area contributed by atoms with E-state index in [0.717, 1.165) is 10.5 Å². The van der Waals surface area contributed by atoms with Gasteiger partial charge in [-0.3, -0.25) is 25.0 Å². The van der Waals surface area contributed by atoms with Crippen molar-refractivity contribution in [1.82, 2.24) is 5.32 Å². The Morgan fingerprint density at radius 3 is 2.40 bits per heavy atom. The first kappa shape index (κ1) is 23.1. The molecule has 0 aromatic heterocycles. The van der Waals surface area contributed by atoms with Crippen molar-refractivity contribution >= 4 is 41.3 Å². The number of aryl methyl sites for hydroxylation is 1. The van der Waals surface area contributed by atoms with E-state index in [1.165, 1.54) is 42.5 Å². The highest BCUT2D eigenvalue weighted by Gasteiger charge is 2.37. The number of anilines is 1. The molecule has 10 heteroatoms. The van der Waals surface area contributed by atoms with Crippen LogP contribution >= 0.6 is 0 Å². The van der Waals surface area contributed by atoms with Gasteiger partial charge in [-0.2, -0.15) is 0 Å². The van der Waals surface area contributed by atoms with Crippen molar-refractivity contribution in [3.05, 3.63) is 105 Å². The molecular formula is C25H17N3O7. The van der Waals surface area contributed by atoms with Gasteiger partial charge in [0.2, 0.25) is 0 Å². The Morgan fingerprint density at radius 2 is 1.71 bits per heavy atom. The number of benzene rings is 3. The summed E-state index contributed by atoms with van der Waals surface area (Å²) in [6, 6.07) is 16.9. The molecule has 1 saturated heterocycles. The molecule has 0 radical (unpaired) electrons. The fourth-order valence-electron chi connectivity index (χ4n) is 3.39. The van der Waals surface area contributed by atoms with Crippen molar-refractivity contribution in [3.8, 4) is 5.75 Å². The summed E-state index contributed by atoms with van der Waals surface area (Å²) in [5.41, 5.74) is 0.907. The predicted octanol–water partition coefficient (Wildman–Crippen LogP) is 3.79. The smallest absolute Gasteiger partial charge is 0.343 e. The van der Waals surface area contributed by atoms with Crippen LogP contribution in [0.4, 0.5) is 16.2 Å². The van der Waals surface area contributed by atoms with Crippen LogP contribution in [0.5, 0.6) is 5.75 Å². The third-order valence-corrected chi connectivity index (χ3v) is 5.10. The molecule has 3 aromatic rings. The standard InChI is InChI=1S/C25H17N3O7/c1-15-5-4-7-19(13-15)27-23(30)20(22(29)26-25(27)32)14-17-6-2-3-8-21(17)35-24(31)16-9-11-18(12-10-16)28(33)34/h2-14H,1H3,(H,26,29,32). The summed E-state index contributed by atoms with van der Waals surface area (Å²) >= 11 is 0. The molecule has 1 fully saturated rings. The molecule has 3 aromatic carbocycles. The number of rotatable bonds is 5. The van der Waals surface area contributed by atoms with Crippen molar-refractivity contribution in [3.63, 3.8) is 0 Å². The molecule has 4 amide bonds. The van der Waals surface area contributed by atoms with Crippen LogP contribution in [0.25, 0.3) is 6.08 Å². The Balaban J connectivity index is 1.64. The zero-order valence-corrected chi connectivity index (χ0v) is 18.3. The molecule has 0 saturated carbocycles. The number of urea groups is 1. The summed E-state index contributed by atoms with van der Waals surface area (Å²) in [7, 11) is 0. The first-order valence-corrected chi connectivity index (χ1v) is 10.3. The molecule has 0 atom stereocenters. The number of amides is 4. The fraction of sp³-hybridized carbons (Fsp3) is 0.0400. The van der Waals surface area contributed by atoms with E-state index in [2.05, 4.69) is 5.32 Å². The van der Waals surface area contributed by atoms with Gasteiger partial charge in [-0.25, -0.2) is 14.5 Å². The quantitative estimate of drug-likeness (QED) is 0.149. The van der Waals surface area contributed by atoms with Gasteiger partial charge in [0.25, 0.3) is 17.5 Å². The molecule has 174 valence electrons. The van der Waals surface area contributed by atoms with Crippen molar-refractivity contribution in [1.29, 1.82) is 0 Å². The number of carbonyl (C=O) groups excluding carboxylic acids is 4. The molecule has 1 heterocycles. The van der Waals surface area contributed by atoms with E-state index in [-0.39, 0.29) is 28.1 Å². The molecular weight excluding hydrogens is 454 g/mol. The Labute approximate surface area is 198 Å². The van der Waals surface area contributed by atoms with E-state index in [1.807, 2.05) is 0 Å². The maximum Gasteiger partial charge on any atom is 0.343 e. The van der Waals surface area contributed by atoms with Crippen LogP contribution in [-0.4, -0.2) is 28.7 Å². The molecule has 0 unspecified atom stereocenters. The van der Waals surface area contributed by atoms with Gasteiger partial charge in [0.05, 0.1) is 16.2 Å². The lowest BCUT2D eigenvalue weighted by Gasteiger charge is -2.26. The highest BCUT2D eigenvalue weighted by Crippen LogP contribution is 2.26. The van der Waals surface area contributed by atoms with Gasteiger partial charge >= 0.3 is 12.0 Å². The fourth-order valence-corrected chi connectivity index (χ4v) is 3.39. The van der Waals surface area contributed by atoms with Gasteiger partial charge in [0.15, 0.2) is 0 Å². The van der Waals surface area contributed by atoms with Crippen LogP contribution in [0.2, 0.25) is 0 Å². The normalized spacial score (nSPS) is 14.6. The van der Waals surface area contributed by atoms with Gasteiger partial charge < -0.3 is 4.74 Å². The number of para-hydroxylation sites is 1. The van der Waals surface area contributed by atoms with Gasteiger partial charge in [-0.1, -0.05) is 30.3 Å². The van der Waals surface area contributed by atoms with Crippen LogP contribution in [-0.2, 0) is 9.59 Å². The van der Waals surface area contributed by atoms with Crippen molar-refractivity contribution < 1.29 is 28.8 Å². The molecule has 1 aliphatic heterocycles. The number of carbonyl (C=O) groups is 4. The number of nitro benzene ring substituents is 1. The summed E-state index contributed by atoms with van der Waals surface area (Å²) in [6.07, 6.45) is 1.23. The lowest BCUT2D eigenvalue weighted by atomic mass is 10.1. The number of non-ortho nitro benzene ring substituents is 1. The number of nitro groups is 1. The summed E-state index contributed by atoms with van der Waals surface area (Å²) in [4.78, 5) is 61.6. The Kier molecular flexibility index (Phi) is 6.19. The lowest BCUT2D eigenvalue weighted by molar-refractivity contribution is -0.384. The molecule has 1 N–H and O–H groups in total. The number of imide groups is 2. The van der Waals surface area contributed by atoms with Crippen molar-refractivity contribution in [2.45, 2.75) is 6.92 Å². The molecule has 4 rings (SSSR count). The first-order valence-electron chi connectivity index (χ1n) is 10.3. The summed E-state index contributed by atoms with van der Waals surface area (Å²) < 4.78 is 5.42. The third kappa shape index (κ3) is 4.81. The predicted molar refractivity (Wildman–Crippen MR) is 125 cm³/mol. The molecule has 0 bridgehead atoms. The number of nitrogens with zero attached hydrogens (tertiary/aromatic N) is 2. The number of nitrogens with one attached hydrogen (secondary N) is 1. The molecule has 0 spiro atoms. The number of esters is 1. The summed E-state index contributed by atoms with van der Waals surface area (Å²) in [6.45, 7) is 1.80. The van der Waals surface area contributed by atoms with E-state index in [9.17, 15) is 29.3 Å². The third-order valence-electron chi connectivity index (χ3n) is 5.10. The molecule has 1 aliphatic rings. The zero-order valence-electron chi connectivity index (χ0n) is 18.3. The second-order valence-corrected chi connectivity index (χ2v) is 7.53. The maximum absolute atomic E-state index is 13.1. The number of barbiturate groups is 1. The SMILES string of the molecule is Cc1cccc(N2C(=O)NC(=O)C(=Cc3ccccc3OC(=O)c3ccc([N+](=O)[O-])cc3)C2=O)c1. The van der Waals surface area contributed by atoms with Gasteiger partial charge in [-0.15, -0.1) is 0 Å². The average molecular weight is 471 g/mol. The van der Waals surface area contributed by atoms with E-state index < -0.39 is 28.7 Å². The van der Waals surface area contributed by atoms with Crippen molar-refractivity contribution in [2.24, 2.45) is 0 Å². The second-order valence-electron chi connectivity index (χ2n) is 7.53. The van der Waals surface area contributed by atoms with Crippen LogP contribution in [0.15, 0.2) is 78.4 Å². The van der Waals surface area contributed by atoms with E-state index in [1.54, 1.807) is 43.3 Å². The van der Waals surface area contributed by atoms with Crippen molar-refractivity contribution in [2.75, 3.05) is 4.90 Å². The Morgan fingerprint density at radius 1 is 1.00 bits per heavy atom. The summed E-state index contributed by atoms with van der Waals surface area (Å²) in [5.74, 6) is -2.47. The Hall–Kier alpha value is -5.12. The minimum Gasteiger partial charge on any atom is -0.422 e. The number of hydrogen-bond acceptors (Lipinski definition) is 7. The van der Waals surface area contributed by atoms with Crippen LogP contribution in [0.3, 0.4) is 0 Å². The maximum atomic E-state index is 13.1. The Bertz CT molecular complexity index is 1410. The molecule has 10 nitrogen and oxygen atoms in total. The lowest BCUT2D eigenvalue weighted by Crippen LogP contribution is -2.54. The minimum atomic E-state index is -0.889. The second kappa shape index (κ2) is 9.40. The first-order chi connectivity index (χ1) is 16.7. The number of hydrogen-bond donors (Lipinski definition) is 1. The monoisotopic (exact) mass is 471 g/mol. The van der Waals surface area contributed by atoms with Gasteiger partial charge in [0, 0.05) is 17.7 Å². The largest absolute Gasteiger partial charge is 0.422 e. The summed E-state index contributed by atoms with van der Waals surface area (Å²) in [5, 5.41) is 13.0. The number of ether oxygens (including phenoxy) is 1. The topological polar surface area (TPSA) is 136 Å². The molecule has 35 heavy (non-hydrogen) atoms. The van der Waals surface area contributed by atoms with E-state index in [0.29, 0.717) is 5.69 Å².